The molecule has 1 aliphatic heterocycles. The van der Waals surface area contributed by atoms with Gasteiger partial charge in [-0.15, -0.1) is 0 Å². The quantitative estimate of drug-likeness (QED) is 0.865. The van der Waals surface area contributed by atoms with Crippen LogP contribution in [0.5, 0.6) is 0 Å². The summed E-state index contributed by atoms with van der Waals surface area (Å²) in [6.45, 7) is 2.71. The molecule has 1 fully saturated rings. The second-order valence-corrected chi connectivity index (χ2v) is 5.89. The van der Waals surface area contributed by atoms with Gasteiger partial charge in [0.05, 0.1) is 11.2 Å². The molecule has 1 saturated heterocycles. The molecule has 0 aliphatic carbocycles. The number of likely N-dealkylation sites (tertiary alicyclic amines) is 1. The van der Waals surface area contributed by atoms with Crippen LogP contribution in [0.3, 0.4) is 0 Å². The first-order valence-electron chi connectivity index (χ1n) is 5.36. The van der Waals surface area contributed by atoms with Crippen LogP contribution in [-0.4, -0.2) is 34.6 Å². The van der Waals surface area contributed by atoms with E-state index in [-0.39, 0.29) is 5.91 Å². The zero-order valence-corrected chi connectivity index (χ0v) is 11.8. The summed E-state index contributed by atoms with van der Waals surface area (Å²) < 4.78 is 0.682. The van der Waals surface area contributed by atoms with Crippen LogP contribution < -0.4 is 0 Å². The maximum Gasteiger partial charge on any atom is 0.255 e. The van der Waals surface area contributed by atoms with Crippen LogP contribution in [0.1, 0.15) is 23.7 Å². The van der Waals surface area contributed by atoms with Crippen LogP contribution in [0.15, 0.2) is 22.7 Å². The highest BCUT2D eigenvalue weighted by Crippen LogP contribution is 2.26. The van der Waals surface area contributed by atoms with Crippen molar-refractivity contribution in [1.82, 2.24) is 4.90 Å². The molecule has 0 bridgehead atoms. The first-order valence-corrected chi connectivity index (χ1v) is 6.53. The Balaban J connectivity index is 2.21. The molecule has 2 rings (SSSR count). The highest BCUT2D eigenvalue weighted by Gasteiger charge is 2.34. The molecule has 1 atom stereocenters. The number of hydrogen-bond donors (Lipinski definition) is 1. The summed E-state index contributed by atoms with van der Waals surface area (Å²) in [7, 11) is 0. The first-order chi connectivity index (χ1) is 7.89. The van der Waals surface area contributed by atoms with Gasteiger partial charge in [-0.2, -0.15) is 0 Å². The van der Waals surface area contributed by atoms with Gasteiger partial charge in [0.25, 0.3) is 5.91 Å². The van der Waals surface area contributed by atoms with E-state index in [1.807, 2.05) is 0 Å². The van der Waals surface area contributed by atoms with Crippen molar-refractivity contribution in [2.24, 2.45) is 0 Å². The van der Waals surface area contributed by atoms with Crippen molar-refractivity contribution >= 4 is 33.4 Å². The average Bonchev–Trinajstić information content (AvgIpc) is 2.58. The van der Waals surface area contributed by atoms with Crippen molar-refractivity contribution < 1.29 is 9.90 Å². The molecule has 1 aliphatic rings. The fourth-order valence-corrected chi connectivity index (χ4v) is 2.80. The Hall–Kier alpha value is -0.580. The van der Waals surface area contributed by atoms with E-state index in [9.17, 15) is 9.90 Å². The summed E-state index contributed by atoms with van der Waals surface area (Å²) >= 11 is 9.16. The van der Waals surface area contributed by atoms with Crippen molar-refractivity contribution in [3.05, 3.63) is 33.3 Å². The van der Waals surface area contributed by atoms with Gasteiger partial charge in [0.1, 0.15) is 0 Å². The number of carbonyl (C=O) groups is 1. The molecule has 1 aromatic rings. The molecule has 1 amide bonds. The zero-order valence-electron chi connectivity index (χ0n) is 9.41. The smallest absolute Gasteiger partial charge is 0.255 e. The van der Waals surface area contributed by atoms with E-state index in [4.69, 9.17) is 11.6 Å². The van der Waals surface area contributed by atoms with Gasteiger partial charge in [0.15, 0.2) is 0 Å². The molecule has 0 saturated carbocycles. The minimum absolute atomic E-state index is 0.0775. The third-order valence-corrected chi connectivity index (χ3v) is 3.79. The lowest BCUT2D eigenvalue weighted by Crippen LogP contribution is -2.34. The number of halogens is 2. The third-order valence-electron chi connectivity index (χ3n) is 2.90. The minimum atomic E-state index is -0.769. The molecule has 3 nitrogen and oxygen atoms in total. The Morgan fingerprint density at radius 1 is 1.59 bits per heavy atom. The maximum atomic E-state index is 12.2. The van der Waals surface area contributed by atoms with Gasteiger partial charge in [-0.25, -0.2) is 0 Å². The standard InChI is InChI=1S/C12H13BrClNO2/c1-12(17)4-5-15(7-12)11(16)9-3-2-8(14)6-10(9)13/h2-3,6,17H,4-5,7H2,1H3. The fraction of sp³-hybridized carbons (Fsp3) is 0.417. The maximum absolute atomic E-state index is 12.2. The lowest BCUT2D eigenvalue weighted by molar-refractivity contribution is 0.0571. The number of carbonyl (C=O) groups excluding carboxylic acids is 1. The van der Waals surface area contributed by atoms with Crippen molar-refractivity contribution in [2.45, 2.75) is 18.9 Å². The van der Waals surface area contributed by atoms with Crippen LogP contribution in [-0.2, 0) is 0 Å². The van der Waals surface area contributed by atoms with Gasteiger partial charge >= 0.3 is 0 Å². The number of rotatable bonds is 1. The Morgan fingerprint density at radius 3 is 2.82 bits per heavy atom. The van der Waals surface area contributed by atoms with E-state index in [1.54, 1.807) is 30.0 Å². The van der Waals surface area contributed by atoms with Crippen molar-refractivity contribution in [1.29, 1.82) is 0 Å². The number of aliphatic hydroxyl groups is 1. The Labute approximate surface area is 114 Å². The van der Waals surface area contributed by atoms with E-state index in [1.165, 1.54) is 0 Å². The third kappa shape index (κ3) is 2.81. The highest BCUT2D eigenvalue weighted by atomic mass is 79.9. The molecule has 1 aromatic carbocycles. The molecule has 1 N–H and O–H groups in total. The van der Waals surface area contributed by atoms with Gasteiger partial charge in [0, 0.05) is 22.6 Å². The van der Waals surface area contributed by atoms with E-state index >= 15 is 0 Å². The second-order valence-electron chi connectivity index (χ2n) is 4.60. The van der Waals surface area contributed by atoms with Crippen LogP contribution in [0.2, 0.25) is 5.02 Å². The highest BCUT2D eigenvalue weighted by molar-refractivity contribution is 9.10. The largest absolute Gasteiger partial charge is 0.388 e. The Morgan fingerprint density at radius 2 is 2.29 bits per heavy atom. The van der Waals surface area contributed by atoms with Gasteiger partial charge in [-0.05, 0) is 47.5 Å². The van der Waals surface area contributed by atoms with Gasteiger partial charge in [0.2, 0.25) is 0 Å². The monoisotopic (exact) mass is 317 g/mol. The van der Waals surface area contributed by atoms with E-state index in [0.29, 0.717) is 34.6 Å². The molecule has 1 heterocycles. The molecule has 17 heavy (non-hydrogen) atoms. The van der Waals surface area contributed by atoms with E-state index < -0.39 is 5.60 Å². The number of nitrogens with zero attached hydrogens (tertiary/aromatic N) is 1. The summed E-state index contributed by atoms with van der Waals surface area (Å²) in [5.74, 6) is -0.0775. The number of hydrogen-bond acceptors (Lipinski definition) is 2. The lowest BCUT2D eigenvalue weighted by atomic mass is 10.1. The molecule has 92 valence electrons. The molecular weight excluding hydrogens is 305 g/mol. The molecule has 1 unspecified atom stereocenters. The fourth-order valence-electron chi connectivity index (χ4n) is 1.95. The zero-order chi connectivity index (χ0) is 12.6. The molecule has 5 heteroatoms. The van der Waals surface area contributed by atoms with Crippen LogP contribution >= 0.6 is 27.5 Å². The first kappa shape index (κ1) is 12.9. The van der Waals surface area contributed by atoms with Crippen molar-refractivity contribution in [3.63, 3.8) is 0 Å². The lowest BCUT2D eigenvalue weighted by Gasteiger charge is -2.19. The Bertz CT molecular complexity index is 462. The van der Waals surface area contributed by atoms with Crippen LogP contribution in [0.4, 0.5) is 0 Å². The topological polar surface area (TPSA) is 40.5 Å². The van der Waals surface area contributed by atoms with Crippen LogP contribution in [0, 0.1) is 0 Å². The molecular formula is C12H13BrClNO2. The minimum Gasteiger partial charge on any atom is -0.388 e. The average molecular weight is 319 g/mol. The van der Waals surface area contributed by atoms with Crippen molar-refractivity contribution in [2.75, 3.05) is 13.1 Å². The van der Waals surface area contributed by atoms with Gasteiger partial charge < -0.3 is 10.0 Å². The Kier molecular flexibility index (Phi) is 3.48. The van der Waals surface area contributed by atoms with E-state index in [0.717, 1.165) is 0 Å². The summed E-state index contributed by atoms with van der Waals surface area (Å²) in [5, 5.41) is 10.4. The van der Waals surface area contributed by atoms with Gasteiger partial charge in [-0.3, -0.25) is 4.79 Å². The van der Waals surface area contributed by atoms with Gasteiger partial charge in [-0.1, -0.05) is 11.6 Å². The number of β-amino-alcohol motifs (C(OH)–C–C–N with tert-alkyl or cyclic N) is 1. The molecule has 0 spiro atoms. The van der Waals surface area contributed by atoms with E-state index in [2.05, 4.69) is 15.9 Å². The normalized spacial score (nSPS) is 24.1. The predicted octanol–water partition coefficient (Wildman–Crippen LogP) is 2.70. The summed E-state index contributed by atoms with van der Waals surface area (Å²) in [4.78, 5) is 13.9. The van der Waals surface area contributed by atoms with Crippen molar-refractivity contribution in [3.8, 4) is 0 Å². The number of benzene rings is 1. The molecule has 0 radical (unpaired) electrons. The summed E-state index contributed by atoms with van der Waals surface area (Å²) in [6, 6.07) is 5.08. The summed E-state index contributed by atoms with van der Waals surface area (Å²) in [6.07, 6.45) is 0.615. The predicted molar refractivity (Wildman–Crippen MR) is 70.3 cm³/mol. The summed E-state index contributed by atoms with van der Waals surface area (Å²) in [5.41, 5.74) is -0.193. The van der Waals surface area contributed by atoms with Crippen LogP contribution in [0.25, 0.3) is 0 Å². The number of amides is 1. The SMILES string of the molecule is CC1(O)CCN(C(=O)c2ccc(Cl)cc2Br)C1. The molecule has 0 aromatic heterocycles. The second kappa shape index (κ2) is 4.59.